The highest BCUT2D eigenvalue weighted by Gasteiger charge is 1.96. The van der Waals surface area contributed by atoms with Gasteiger partial charge in [-0.25, -0.2) is 0 Å². The minimum atomic E-state index is -0.802. The van der Waals surface area contributed by atoms with E-state index in [-0.39, 0.29) is 0 Å². The zero-order valence-corrected chi connectivity index (χ0v) is 9.57. The van der Waals surface area contributed by atoms with Gasteiger partial charge in [-0.15, -0.1) is 23.5 Å². The van der Waals surface area contributed by atoms with Crippen LogP contribution in [0.25, 0.3) is 0 Å². The Morgan fingerprint density at radius 1 is 1.36 bits per heavy atom. The number of thioether (sulfide) groups is 2. The molecule has 0 bridgehead atoms. The van der Waals surface area contributed by atoms with Crippen molar-refractivity contribution in [3.8, 4) is 0 Å². The first-order valence-electron chi connectivity index (χ1n) is 3.50. The lowest BCUT2D eigenvalue weighted by atomic mass is 11.0. The van der Waals surface area contributed by atoms with Gasteiger partial charge in [0.15, 0.2) is 0 Å². The Balaban J connectivity index is 3.96. The van der Waals surface area contributed by atoms with Gasteiger partial charge in [0, 0.05) is 26.7 Å². The van der Waals surface area contributed by atoms with Gasteiger partial charge >= 0.3 is 0 Å². The average molecular weight is 210 g/mol. The van der Waals surface area contributed by atoms with Crippen molar-refractivity contribution in [1.29, 1.82) is 0 Å². The minimum Gasteiger partial charge on any atom is -0.255 e. The topological polar surface area (TPSA) is 17.1 Å². The molecule has 0 radical (unpaired) electrons. The predicted molar refractivity (Wildman–Crippen MR) is 58.4 cm³/mol. The fourth-order valence-electron chi connectivity index (χ4n) is 0.530. The second-order valence-electron chi connectivity index (χ2n) is 1.80. The van der Waals surface area contributed by atoms with Crippen LogP contribution in [0.3, 0.4) is 0 Å². The molecule has 0 heterocycles. The fourth-order valence-corrected chi connectivity index (χ4v) is 3.77. The molecule has 11 heavy (non-hydrogen) atoms. The largest absolute Gasteiger partial charge is 0.255 e. The molecular formula is C7H14OS3. The summed E-state index contributed by atoms with van der Waals surface area (Å²) in [5, 5.41) is 1.82. The summed E-state index contributed by atoms with van der Waals surface area (Å²) in [6.45, 7) is 4.21. The van der Waals surface area contributed by atoms with E-state index in [0.717, 1.165) is 11.5 Å². The molecule has 0 saturated heterocycles. The van der Waals surface area contributed by atoms with Crippen LogP contribution in [0.2, 0.25) is 0 Å². The molecule has 0 aliphatic heterocycles. The van der Waals surface area contributed by atoms with Crippen molar-refractivity contribution in [2.75, 3.05) is 17.8 Å². The van der Waals surface area contributed by atoms with Gasteiger partial charge in [-0.3, -0.25) is 4.21 Å². The van der Waals surface area contributed by atoms with Crippen molar-refractivity contribution >= 4 is 34.3 Å². The van der Waals surface area contributed by atoms with Crippen LogP contribution < -0.4 is 0 Å². The molecule has 0 fully saturated rings. The molecule has 0 amide bonds. The van der Waals surface area contributed by atoms with E-state index in [2.05, 4.69) is 13.8 Å². The Morgan fingerprint density at radius 2 is 1.82 bits per heavy atom. The summed E-state index contributed by atoms with van der Waals surface area (Å²) in [5.41, 5.74) is 0. The van der Waals surface area contributed by atoms with Crippen LogP contribution in [-0.4, -0.2) is 22.0 Å². The second-order valence-corrected chi connectivity index (χ2v) is 5.90. The molecule has 0 saturated carbocycles. The van der Waals surface area contributed by atoms with E-state index in [9.17, 15) is 4.21 Å². The first kappa shape index (κ1) is 11.6. The average Bonchev–Trinajstić information content (AvgIpc) is 1.87. The third kappa shape index (κ3) is 6.97. The zero-order chi connectivity index (χ0) is 8.69. The van der Waals surface area contributed by atoms with E-state index in [1.54, 1.807) is 29.8 Å². The first-order chi connectivity index (χ1) is 5.20. The monoisotopic (exact) mass is 210 g/mol. The van der Waals surface area contributed by atoms with Crippen LogP contribution in [0, 0.1) is 0 Å². The summed E-state index contributed by atoms with van der Waals surface area (Å²) in [4.78, 5) is 0. The lowest BCUT2D eigenvalue weighted by molar-refractivity contribution is 0.691. The molecule has 1 unspecified atom stereocenters. The van der Waals surface area contributed by atoms with E-state index >= 15 is 0 Å². The van der Waals surface area contributed by atoms with Crippen LogP contribution in [0.5, 0.6) is 0 Å². The van der Waals surface area contributed by atoms with Gasteiger partial charge in [-0.05, 0) is 11.5 Å². The maximum Gasteiger partial charge on any atom is 0.0489 e. The highest BCUT2D eigenvalue weighted by molar-refractivity contribution is 8.22. The Hall–Kier alpha value is 0.590. The van der Waals surface area contributed by atoms with Gasteiger partial charge < -0.3 is 0 Å². The van der Waals surface area contributed by atoms with E-state index in [4.69, 9.17) is 0 Å². The van der Waals surface area contributed by atoms with Crippen LogP contribution in [0.1, 0.15) is 13.8 Å². The van der Waals surface area contributed by atoms with Crippen molar-refractivity contribution in [3.63, 3.8) is 0 Å². The highest BCUT2D eigenvalue weighted by atomic mass is 32.2. The third-order valence-electron chi connectivity index (χ3n) is 0.835. The molecule has 0 aromatic rings. The summed E-state index contributed by atoms with van der Waals surface area (Å²) in [5.74, 6) is 2.10. The highest BCUT2D eigenvalue weighted by Crippen LogP contribution is 2.27. The normalized spacial score (nSPS) is 12.6. The van der Waals surface area contributed by atoms with Crippen molar-refractivity contribution in [1.82, 2.24) is 0 Å². The van der Waals surface area contributed by atoms with Crippen LogP contribution in [0.4, 0.5) is 0 Å². The minimum absolute atomic E-state index is 0.802. The Kier molecular flexibility index (Phi) is 7.64. The van der Waals surface area contributed by atoms with E-state index < -0.39 is 10.8 Å². The standard InChI is InChI=1S/C7H14OS3/c1-4-9-7(10-5-2)6-11(3)8/h6H,4-5H2,1-3H3. The zero-order valence-electron chi connectivity index (χ0n) is 7.12. The van der Waals surface area contributed by atoms with E-state index in [0.29, 0.717) is 0 Å². The van der Waals surface area contributed by atoms with Gasteiger partial charge in [-0.2, -0.15) is 0 Å². The Bertz CT molecular complexity index is 146. The van der Waals surface area contributed by atoms with Gasteiger partial charge in [0.2, 0.25) is 0 Å². The molecule has 4 heteroatoms. The molecule has 1 nitrogen and oxygen atoms in total. The summed E-state index contributed by atoms with van der Waals surface area (Å²) in [6.07, 6.45) is 1.70. The van der Waals surface area contributed by atoms with E-state index in [1.807, 2.05) is 5.41 Å². The molecule has 0 spiro atoms. The molecule has 0 aromatic heterocycles. The lowest BCUT2D eigenvalue weighted by Gasteiger charge is -2.00. The maximum absolute atomic E-state index is 10.8. The summed E-state index contributed by atoms with van der Waals surface area (Å²) in [6, 6.07) is 0. The van der Waals surface area contributed by atoms with Crippen LogP contribution in [0.15, 0.2) is 9.65 Å². The second kappa shape index (κ2) is 7.25. The van der Waals surface area contributed by atoms with Crippen molar-refractivity contribution in [2.45, 2.75) is 13.8 Å². The van der Waals surface area contributed by atoms with Gasteiger partial charge in [0.1, 0.15) is 0 Å². The van der Waals surface area contributed by atoms with Crippen LogP contribution >= 0.6 is 23.5 Å². The Labute approximate surface area is 79.9 Å². The van der Waals surface area contributed by atoms with Crippen molar-refractivity contribution in [2.24, 2.45) is 0 Å². The van der Waals surface area contributed by atoms with Crippen LogP contribution in [-0.2, 0) is 10.8 Å². The first-order valence-corrected chi connectivity index (χ1v) is 7.09. The number of rotatable bonds is 5. The summed E-state index contributed by atoms with van der Waals surface area (Å²) < 4.78 is 12.0. The molecular weight excluding hydrogens is 196 g/mol. The van der Waals surface area contributed by atoms with E-state index in [1.165, 1.54) is 4.24 Å². The number of hydrogen-bond acceptors (Lipinski definition) is 3. The smallest absolute Gasteiger partial charge is 0.0489 e. The van der Waals surface area contributed by atoms with Gasteiger partial charge in [0.05, 0.1) is 0 Å². The molecule has 0 aliphatic rings. The van der Waals surface area contributed by atoms with Gasteiger partial charge in [0.25, 0.3) is 0 Å². The van der Waals surface area contributed by atoms with Gasteiger partial charge in [-0.1, -0.05) is 13.8 Å². The summed E-state index contributed by atoms with van der Waals surface area (Å²) >= 11 is 3.52. The third-order valence-corrected chi connectivity index (χ3v) is 3.79. The molecule has 0 aliphatic carbocycles. The lowest BCUT2D eigenvalue weighted by Crippen LogP contribution is -1.80. The predicted octanol–water partition coefficient (Wildman–Crippen LogP) is 2.67. The molecule has 0 aromatic carbocycles. The number of hydrogen-bond donors (Lipinski definition) is 0. The van der Waals surface area contributed by atoms with Crippen molar-refractivity contribution in [3.05, 3.63) is 9.65 Å². The SMILES string of the molecule is CCSC(=CS(C)=O)SCC. The Morgan fingerprint density at radius 3 is 2.09 bits per heavy atom. The quantitative estimate of drug-likeness (QED) is 0.694. The van der Waals surface area contributed by atoms with Crippen molar-refractivity contribution < 1.29 is 4.21 Å². The maximum atomic E-state index is 10.8. The fraction of sp³-hybridized carbons (Fsp3) is 0.714. The summed E-state index contributed by atoms with van der Waals surface area (Å²) in [7, 11) is -0.802. The molecule has 66 valence electrons. The molecule has 0 N–H and O–H groups in total. The molecule has 0 rings (SSSR count). The molecule has 1 atom stereocenters.